The van der Waals surface area contributed by atoms with Crippen LogP contribution in [0.25, 0.3) is 11.1 Å². The average Bonchev–Trinajstić information content (AvgIpc) is 3.02. The van der Waals surface area contributed by atoms with E-state index < -0.39 is 0 Å². The molecule has 1 fully saturated rings. The lowest BCUT2D eigenvalue weighted by Crippen LogP contribution is -1.94. The first kappa shape index (κ1) is 12.2. The van der Waals surface area contributed by atoms with E-state index in [2.05, 4.69) is 37.1 Å². The van der Waals surface area contributed by atoms with Crippen LogP contribution in [0.3, 0.4) is 0 Å². The van der Waals surface area contributed by atoms with Crippen molar-refractivity contribution >= 4 is 6.29 Å². The van der Waals surface area contributed by atoms with E-state index in [4.69, 9.17) is 0 Å². The molecule has 0 N–H and O–H groups in total. The molecular weight excluding hydrogens is 232 g/mol. The SMILES string of the molecule is O=Cc1ccccc1-c1ccc([C]2[CH][CH][CH][CH]2)cc1. The fourth-order valence-corrected chi connectivity index (χ4v) is 2.27. The molecule has 2 aromatic rings. The minimum absolute atomic E-state index is 0.726. The zero-order valence-corrected chi connectivity index (χ0v) is 10.4. The maximum absolute atomic E-state index is 11.1. The number of aldehydes is 1. The van der Waals surface area contributed by atoms with Gasteiger partial charge in [-0.15, -0.1) is 0 Å². The summed E-state index contributed by atoms with van der Waals surface area (Å²) < 4.78 is 0. The lowest BCUT2D eigenvalue weighted by atomic mass is 9.94. The molecule has 1 aliphatic rings. The van der Waals surface area contributed by atoms with Crippen LogP contribution in [0.15, 0.2) is 48.5 Å². The minimum atomic E-state index is 0.726. The highest BCUT2D eigenvalue weighted by molar-refractivity contribution is 5.87. The summed E-state index contributed by atoms with van der Waals surface area (Å²) in [5, 5.41) is 0. The van der Waals surface area contributed by atoms with Crippen LogP contribution in [-0.2, 0) is 0 Å². The Kier molecular flexibility index (Phi) is 3.45. The normalized spacial score (nSPS) is 15.6. The Morgan fingerprint density at radius 1 is 0.737 bits per heavy atom. The maximum atomic E-state index is 11.1. The predicted molar refractivity (Wildman–Crippen MR) is 76.8 cm³/mol. The summed E-state index contributed by atoms with van der Waals surface area (Å²) >= 11 is 0. The van der Waals surface area contributed by atoms with Gasteiger partial charge < -0.3 is 0 Å². The van der Waals surface area contributed by atoms with Gasteiger partial charge in [0.05, 0.1) is 0 Å². The molecule has 0 bridgehead atoms. The summed E-state index contributed by atoms with van der Waals surface area (Å²) in [7, 11) is 0. The molecule has 0 amide bonds. The number of carbonyl (C=O) groups is 1. The van der Waals surface area contributed by atoms with E-state index in [0.29, 0.717) is 0 Å². The molecule has 1 aliphatic carbocycles. The van der Waals surface area contributed by atoms with Crippen molar-refractivity contribution in [2.75, 3.05) is 0 Å². The van der Waals surface area contributed by atoms with Crippen molar-refractivity contribution in [3.63, 3.8) is 0 Å². The quantitative estimate of drug-likeness (QED) is 0.749. The molecule has 1 nitrogen and oxygen atoms in total. The Balaban J connectivity index is 1.91. The van der Waals surface area contributed by atoms with Gasteiger partial charge in [-0.2, -0.15) is 0 Å². The van der Waals surface area contributed by atoms with Crippen LogP contribution in [0.2, 0.25) is 0 Å². The maximum Gasteiger partial charge on any atom is 0.150 e. The van der Waals surface area contributed by atoms with Gasteiger partial charge in [0.15, 0.2) is 6.29 Å². The third-order valence-electron chi connectivity index (χ3n) is 3.28. The Bertz CT molecular complexity index is 562. The van der Waals surface area contributed by atoms with E-state index in [-0.39, 0.29) is 0 Å². The summed E-state index contributed by atoms with van der Waals surface area (Å²) in [5.41, 5.74) is 3.96. The molecule has 19 heavy (non-hydrogen) atoms. The molecule has 91 valence electrons. The highest BCUT2D eigenvalue weighted by Gasteiger charge is 2.18. The first-order valence-electron chi connectivity index (χ1n) is 6.25. The van der Waals surface area contributed by atoms with Gasteiger partial charge in [-0.25, -0.2) is 0 Å². The molecule has 3 rings (SSSR count). The van der Waals surface area contributed by atoms with Gasteiger partial charge >= 0.3 is 0 Å². The molecule has 1 heteroatoms. The molecule has 0 heterocycles. The molecule has 0 aromatic heterocycles. The second kappa shape index (κ2) is 5.40. The zero-order valence-electron chi connectivity index (χ0n) is 10.4. The Labute approximate surface area is 114 Å². The van der Waals surface area contributed by atoms with Crippen molar-refractivity contribution < 1.29 is 4.79 Å². The number of carbonyl (C=O) groups excluding carboxylic acids is 1. The molecule has 0 atom stereocenters. The second-order valence-electron chi connectivity index (χ2n) is 4.46. The van der Waals surface area contributed by atoms with Gasteiger partial charge in [0.25, 0.3) is 0 Å². The zero-order chi connectivity index (χ0) is 13.1. The lowest BCUT2D eigenvalue weighted by Gasteiger charge is -2.10. The number of rotatable bonds is 3. The van der Waals surface area contributed by atoms with E-state index in [9.17, 15) is 4.79 Å². The van der Waals surface area contributed by atoms with E-state index in [0.717, 1.165) is 23.0 Å². The smallest absolute Gasteiger partial charge is 0.150 e. The summed E-state index contributed by atoms with van der Waals surface area (Å²) in [6.07, 6.45) is 9.15. The predicted octanol–water partition coefficient (Wildman–Crippen LogP) is 3.92. The van der Waals surface area contributed by atoms with E-state index in [1.807, 2.05) is 37.1 Å². The largest absolute Gasteiger partial charge is 0.298 e. The number of hydrogen-bond acceptors (Lipinski definition) is 1. The Morgan fingerprint density at radius 2 is 1.37 bits per heavy atom. The first-order chi connectivity index (χ1) is 9.38. The standard InChI is InChI=1S/C18H13O/c19-13-17-7-3-4-8-18(17)16-11-9-15(10-12-16)14-5-1-2-6-14/h1-13H. The van der Waals surface area contributed by atoms with Gasteiger partial charge in [0.2, 0.25) is 0 Å². The van der Waals surface area contributed by atoms with Crippen LogP contribution in [0.5, 0.6) is 0 Å². The fraction of sp³-hybridized carbons (Fsp3) is 0. The van der Waals surface area contributed by atoms with E-state index >= 15 is 0 Å². The molecule has 0 unspecified atom stereocenters. The molecule has 1 saturated carbocycles. The van der Waals surface area contributed by atoms with Crippen molar-refractivity contribution in [3.05, 3.63) is 91.3 Å². The summed E-state index contributed by atoms with van der Waals surface area (Å²) in [5.74, 6) is 1.22. The van der Waals surface area contributed by atoms with Crippen LogP contribution in [-0.4, -0.2) is 6.29 Å². The van der Waals surface area contributed by atoms with Crippen molar-refractivity contribution in [3.8, 4) is 11.1 Å². The third-order valence-corrected chi connectivity index (χ3v) is 3.28. The molecular formula is C18H13O. The molecule has 0 spiro atoms. The van der Waals surface area contributed by atoms with Gasteiger partial charge in [0, 0.05) is 11.5 Å². The van der Waals surface area contributed by atoms with Crippen molar-refractivity contribution in [2.24, 2.45) is 0 Å². The first-order valence-corrected chi connectivity index (χ1v) is 6.25. The minimum Gasteiger partial charge on any atom is -0.298 e. The summed E-state index contributed by atoms with van der Waals surface area (Å²) in [4.78, 5) is 11.1. The lowest BCUT2D eigenvalue weighted by molar-refractivity contribution is 0.112. The fourth-order valence-electron chi connectivity index (χ4n) is 2.27. The van der Waals surface area contributed by atoms with Crippen LogP contribution in [0, 0.1) is 31.6 Å². The second-order valence-corrected chi connectivity index (χ2v) is 4.46. The molecule has 0 saturated heterocycles. The highest BCUT2D eigenvalue weighted by atomic mass is 16.1. The van der Waals surface area contributed by atoms with Crippen LogP contribution in [0.4, 0.5) is 0 Å². The average molecular weight is 245 g/mol. The molecule has 2 aromatic carbocycles. The third kappa shape index (κ3) is 2.46. The van der Waals surface area contributed by atoms with Gasteiger partial charge in [-0.05, 0) is 42.4 Å². The summed E-state index contributed by atoms with van der Waals surface area (Å²) in [6.45, 7) is 0. The van der Waals surface area contributed by atoms with Crippen molar-refractivity contribution in [2.45, 2.75) is 0 Å². The van der Waals surface area contributed by atoms with Crippen LogP contribution >= 0.6 is 0 Å². The summed E-state index contributed by atoms with van der Waals surface area (Å²) in [6, 6.07) is 15.9. The molecule has 0 aliphatic heterocycles. The van der Waals surface area contributed by atoms with Crippen molar-refractivity contribution in [1.29, 1.82) is 0 Å². The van der Waals surface area contributed by atoms with Crippen LogP contribution in [0.1, 0.15) is 15.9 Å². The number of benzene rings is 2. The van der Waals surface area contributed by atoms with Gasteiger partial charge in [-0.3, -0.25) is 4.79 Å². The van der Waals surface area contributed by atoms with Gasteiger partial charge in [0.1, 0.15) is 0 Å². The van der Waals surface area contributed by atoms with Crippen molar-refractivity contribution in [1.82, 2.24) is 0 Å². The van der Waals surface area contributed by atoms with Crippen LogP contribution < -0.4 is 0 Å². The topological polar surface area (TPSA) is 17.1 Å². The van der Waals surface area contributed by atoms with Gasteiger partial charge in [-0.1, -0.05) is 48.5 Å². The Morgan fingerprint density at radius 3 is 2.05 bits per heavy atom. The number of hydrogen-bond donors (Lipinski definition) is 0. The van der Waals surface area contributed by atoms with E-state index in [1.54, 1.807) is 0 Å². The van der Waals surface area contributed by atoms with E-state index in [1.165, 1.54) is 11.5 Å². The molecule has 5 radical (unpaired) electrons. The highest BCUT2D eigenvalue weighted by Crippen LogP contribution is 2.31. The Hall–Kier alpha value is -1.89. The monoisotopic (exact) mass is 245 g/mol.